The van der Waals surface area contributed by atoms with Gasteiger partial charge < -0.3 is 14.8 Å². The van der Waals surface area contributed by atoms with Crippen LogP contribution in [-0.2, 0) is 20.5 Å². The van der Waals surface area contributed by atoms with Gasteiger partial charge >= 0.3 is 0 Å². The van der Waals surface area contributed by atoms with E-state index in [4.69, 9.17) is 9.47 Å². The molecule has 7 nitrogen and oxygen atoms in total. The predicted octanol–water partition coefficient (Wildman–Crippen LogP) is 2.35. The number of para-hydroxylation sites is 1. The highest BCUT2D eigenvalue weighted by molar-refractivity contribution is 7.88. The van der Waals surface area contributed by atoms with Crippen LogP contribution < -0.4 is 10.1 Å². The average Bonchev–Trinajstić information content (AvgIpc) is 2.74. The third-order valence-electron chi connectivity index (χ3n) is 4.89. The molecule has 0 radical (unpaired) electrons. The summed E-state index contributed by atoms with van der Waals surface area (Å²) in [6, 6.07) is 14.2. The first kappa shape index (κ1) is 22.3. The van der Waals surface area contributed by atoms with Gasteiger partial charge in [-0.05, 0) is 43.2 Å². The van der Waals surface area contributed by atoms with Crippen LogP contribution in [0.3, 0.4) is 0 Å². The van der Waals surface area contributed by atoms with E-state index in [1.807, 2.05) is 38.1 Å². The molecular weight excluding hydrogens is 404 g/mol. The molecule has 0 unspecified atom stereocenters. The molecule has 0 saturated carbocycles. The van der Waals surface area contributed by atoms with Gasteiger partial charge in [-0.3, -0.25) is 4.79 Å². The second kappa shape index (κ2) is 10.1. The SMILES string of the molecule is Cc1ccccc1OC[C@@H](C)NC(=O)c1ccc(CS(=O)(=O)N2CCOCC2)cc1. The summed E-state index contributed by atoms with van der Waals surface area (Å²) in [5.41, 5.74) is 2.16. The number of morpholine rings is 1. The maximum atomic E-state index is 12.5. The van der Waals surface area contributed by atoms with E-state index in [1.54, 1.807) is 24.3 Å². The van der Waals surface area contributed by atoms with Crippen LogP contribution in [0.15, 0.2) is 48.5 Å². The zero-order chi connectivity index (χ0) is 21.6. The molecule has 1 aliphatic heterocycles. The number of aryl methyl sites for hydroxylation is 1. The van der Waals surface area contributed by atoms with Crippen LogP contribution in [0.4, 0.5) is 0 Å². The van der Waals surface area contributed by atoms with E-state index >= 15 is 0 Å². The Kier molecular flexibility index (Phi) is 7.47. The van der Waals surface area contributed by atoms with Crippen molar-refractivity contribution in [2.75, 3.05) is 32.9 Å². The van der Waals surface area contributed by atoms with Gasteiger partial charge in [0.05, 0.1) is 25.0 Å². The van der Waals surface area contributed by atoms with Crippen molar-refractivity contribution in [1.82, 2.24) is 9.62 Å². The molecular formula is C22H28N2O5S. The number of benzene rings is 2. The van der Waals surface area contributed by atoms with E-state index < -0.39 is 10.0 Å². The van der Waals surface area contributed by atoms with Gasteiger partial charge in [0.1, 0.15) is 12.4 Å². The second-order valence-electron chi connectivity index (χ2n) is 7.42. The Morgan fingerprint density at radius 2 is 1.80 bits per heavy atom. The second-order valence-corrected chi connectivity index (χ2v) is 9.38. The van der Waals surface area contributed by atoms with Crippen LogP contribution in [0.5, 0.6) is 5.75 Å². The normalized spacial score (nSPS) is 16.1. The van der Waals surface area contributed by atoms with Crippen LogP contribution in [0.2, 0.25) is 0 Å². The lowest BCUT2D eigenvalue weighted by molar-refractivity contribution is 0.0729. The molecule has 162 valence electrons. The first-order valence-corrected chi connectivity index (χ1v) is 11.6. The van der Waals surface area contributed by atoms with Gasteiger partial charge in [0.2, 0.25) is 10.0 Å². The molecule has 1 heterocycles. The number of nitrogens with one attached hydrogen (secondary N) is 1. The van der Waals surface area contributed by atoms with Crippen LogP contribution in [0.1, 0.15) is 28.4 Å². The summed E-state index contributed by atoms with van der Waals surface area (Å²) >= 11 is 0. The Bertz CT molecular complexity index is 954. The number of ether oxygens (including phenoxy) is 2. The van der Waals surface area contributed by atoms with Gasteiger partial charge in [-0.25, -0.2) is 8.42 Å². The van der Waals surface area contributed by atoms with Crippen molar-refractivity contribution in [2.24, 2.45) is 0 Å². The number of rotatable bonds is 8. The molecule has 1 N–H and O–H groups in total. The number of hydrogen-bond acceptors (Lipinski definition) is 5. The number of carbonyl (C=O) groups is 1. The number of nitrogens with zero attached hydrogens (tertiary/aromatic N) is 1. The van der Waals surface area contributed by atoms with E-state index in [0.717, 1.165) is 11.3 Å². The van der Waals surface area contributed by atoms with E-state index in [1.165, 1.54) is 4.31 Å². The summed E-state index contributed by atoms with van der Waals surface area (Å²) in [4.78, 5) is 12.5. The smallest absolute Gasteiger partial charge is 0.251 e. The van der Waals surface area contributed by atoms with Crippen molar-refractivity contribution in [3.8, 4) is 5.75 Å². The lowest BCUT2D eigenvalue weighted by Crippen LogP contribution is -2.41. The van der Waals surface area contributed by atoms with E-state index in [9.17, 15) is 13.2 Å². The molecule has 2 aromatic carbocycles. The molecule has 1 aliphatic rings. The van der Waals surface area contributed by atoms with Crippen molar-refractivity contribution in [3.63, 3.8) is 0 Å². The summed E-state index contributed by atoms with van der Waals surface area (Å²) in [5.74, 6) is 0.484. The van der Waals surface area contributed by atoms with Crippen LogP contribution >= 0.6 is 0 Å². The molecule has 8 heteroatoms. The Labute approximate surface area is 178 Å². The first-order chi connectivity index (χ1) is 14.3. The summed E-state index contributed by atoms with van der Waals surface area (Å²) in [6.07, 6.45) is 0. The van der Waals surface area contributed by atoms with E-state index in [-0.39, 0.29) is 17.7 Å². The zero-order valence-electron chi connectivity index (χ0n) is 17.3. The number of sulfonamides is 1. The fourth-order valence-electron chi connectivity index (χ4n) is 3.16. The molecule has 0 bridgehead atoms. The Morgan fingerprint density at radius 3 is 2.47 bits per heavy atom. The first-order valence-electron chi connectivity index (χ1n) is 9.99. The summed E-state index contributed by atoms with van der Waals surface area (Å²) < 4.78 is 37.4. The van der Waals surface area contributed by atoms with Crippen LogP contribution in [0.25, 0.3) is 0 Å². The average molecular weight is 433 g/mol. The Hall–Kier alpha value is -2.42. The van der Waals surface area contributed by atoms with Crippen LogP contribution in [-0.4, -0.2) is 57.6 Å². The van der Waals surface area contributed by atoms with Crippen molar-refractivity contribution >= 4 is 15.9 Å². The van der Waals surface area contributed by atoms with Crippen molar-refractivity contribution in [2.45, 2.75) is 25.6 Å². The van der Waals surface area contributed by atoms with Gasteiger partial charge in [0, 0.05) is 18.7 Å². The molecule has 2 aromatic rings. The van der Waals surface area contributed by atoms with Gasteiger partial charge in [-0.1, -0.05) is 30.3 Å². The standard InChI is InChI=1S/C22H28N2O5S/c1-17-5-3-4-6-21(17)29-15-18(2)23-22(25)20-9-7-19(8-10-20)16-30(26,27)24-11-13-28-14-12-24/h3-10,18H,11-16H2,1-2H3,(H,23,25)/t18-/m1/s1. The molecule has 30 heavy (non-hydrogen) atoms. The fraction of sp³-hybridized carbons (Fsp3) is 0.409. The third kappa shape index (κ3) is 6.04. The number of carbonyl (C=O) groups excluding carboxylic acids is 1. The lowest BCUT2D eigenvalue weighted by Gasteiger charge is -2.26. The number of hydrogen-bond donors (Lipinski definition) is 1. The minimum absolute atomic E-state index is 0.0877. The molecule has 1 fully saturated rings. The maximum absolute atomic E-state index is 12.5. The molecule has 0 aliphatic carbocycles. The maximum Gasteiger partial charge on any atom is 0.251 e. The molecule has 1 atom stereocenters. The monoisotopic (exact) mass is 432 g/mol. The van der Waals surface area contributed by atoms with Gasteiger partial charge in [-0.15, -0.1) is 0 Å². The van der Waals surface area contributed by atoms with E-state index in [2.05, 4.69) is 5.32 Å². The van der Waals surface area contributed by atoms with Crippen molar-refractivity contribution < 1.29 is 22.7 Å². The van der Waals surface area contributed by atoms with Crippen LogP contribution in [0, 0.1) is 6.92 Å². The summed E-state index contributed by atoms with van der Waals surface area (Å²) in [7, 11) is -3.39. The molecule has 0 spiro atoms. The fourth-order valence-corrected chi connectivity index (χ4v) is 4.66. The predicted molar refractivity (Wildman–Crippen MR) is 115 cm³/mol. The molecule has 1 saturated heterocycles. The van der Waals surface area contributed by atoms with Gasteiger partial charge in [0.25, 0.3) is 5.91 Å². The zero-order valence-corrected chi connectivity index (χ0v) is 18.2. The highest BCUT2D eigenvalue weighted by atomic mass is 32.2. The summed E-state index contributed by atoms with van der Waals surface area (Å²) in [5, 5.41) is 2.90. The molecule has 1 amide bonds. The Morgan fingerprint density at radius 1 is 1.13 bits per heavy atom. The van der Waals surface area contributed by atoms with Crippen molar-refractivity contribution in [3.05, 3.63) is 65.2 Å². The number of amides is 1. The highest BCUT2D eigenvalue weighted by Crippen LogP contribution is 2.17. The topological polar surface area (TPSA) is 84.9 Å². The summed E-state index contributed by atoms with van der Waals surface area (Å²) in [6.45, 7) is 5.80. The highest BCUT2D eigenvalue weighted by Gasteiger charge is 2.24. The molecule has 3 rings (SSSR count). The lowest BCUT2D eigenvalue weighted by atomic mass is 10.1. The van der Waals surface area contributed by atoms with Crippen molar-refractivity contribution in [1.29, 1.82) is 0 Å². The minimum Gasteiger partial charge on any atom is -0.491 e. The van der Waals surface area contributed by atoms with Gasteiger partial charge in [0.15, 0.2) is 0 Å². The third-order valence-corrected chi connectivity index (χ3v) is 6.74. The van der Waals surface area contributed by atoms with Gasteiger partial charge in [-0.2, -0.15) is 4.31 Å². The largest absolute Gasteiger partial charge is 0.491 e. The van der Waals surface area contributed by atoms with E-state index in [0.29, 0.717) is 44.0 Å². The quantitative estimate of drug-likeness (QED) is 0.692. The molecule has 0 aromatic heterocycles. The minimum atomic E-state index is -3.39. The Balaban J connectivity index is 1.52.